The molecule has 3 saturated carbocycles. The highest BCUT2D eigenvalue weighted by molar-refractivity contribution is 14.1. The molecule has 0 aromatic heterocycles. The van der Waals surface area contributed by atoms with Crippen LogP contribution in [0.5, 0.6) is 0 Å². The average molecular weight is 432 g/mol. The zero-order valence-electron chi connectivity index (χ0n) is 9.05. The molecule has 1 N–H and O–H groups in total. The number of hydrogen-bond acceptors (Lipinski definition) is 1. The molecular weight excluding hydrogens is 414 g/mol. The normalized spacial score (nSPS) is 62.4. The smallest absolute Gasteiger partial charge is 0.0654 e. The van der Waals surface area contributed by atoms with Crippen molar-refractivity contribution in [2.45, 2.75) is 42.1 Å². The van der Waals surface area contributed by atoms with Gasteiger partial charge in [0.1, 0.15) is 0 Å². The summed E-state index contributed by atoms with van der Waals surface area (Å²) in [4.78, 5) is 0. The summed E-state index contributed by atoms with van der Waals surface area (Å²) in [6.45, 7) is 2.08. The fourth-order valence-corrected chi connectivity index (χ4v) is 7.70. The summed E-state index contributed by atoms with van der Waals surface area (Å²) in [5, 5.41) is 10.5. The van der Waals surface area contributed by atoms with Crippen LogP contribution in [0.1, 0.15) is 32.6 Å². The van der Waals surface area contributed by atoms with E-state index in [1.807, 2.05) is 0 Å². The summed E-state index contributed by atoms with van der Waals surface area (Å²) in [6, 6.07) is 0. The molecule has 15 heavy (non-hydrogen) atoms. The summed E-state index contributed by atoms with van der Waals surface area (Å²) in [6.07, 6.45) is 5.13. The molecule has 3 aliphatic carbocycles. The zero-order valence-corrected chi connectivity index (χ0v) is 13.4. The standard InChI is InChI=1S/C12H18I2O/c1-11(15)4-2-7-9(11)10-8(14)3-5-12(7,10)6-13/h7-10,15H,2-6H2,1H3/t7-,8-,9+,10-,11+,12-/m1/s1. The fourth-order valence-electron chi connectivity index (χ4n) is 4.77. The second-order valence-electron chi connectivity index (χ2n) is 5.98. The van der Waals surface area contributed by atoms with E-state index < -0.39 is 0 Å². The first kappa shape index (κ1) is 11.5. The highest BCUT2D eigenvalue weighted by Gasteiger charge is 2.71. The first-order valence-corrected chi connectivity index (χ1v) is 8.72. The van der Waals surface area contributed by atoms with Crippen LogP contribution < -0.4 is 0 Å². The SMILES string of the molecule is C[C@]1(O)CC[C@@H]2[C@H]1[C@H]1[C@H](I)CC[C@]12CI. The maximum Gasteiger partial charge on any atom is 0.0654 e. The number of halogens is 2. The molecular formula is C12H18I2O. The number of hydrogen-bond donors (Lipinski definition) is 1. The van der Waals surface area contributed by atoms with Crippen LogP contribution >= 0.6 is 45.2 Å². The molecule has 3 aliphatic rings. The van der Waals surface area contributed by atoms with Gasteiger partial charge in [-0.2, -0.15) is 0 Å². The van der Waals surface area contributed by atoms with Gasteiger partial charge in [0.2, 0.25) is 0 Å². The van der Waals surface area contributed by atoms with Gasteiger partial charge in [-0.3, -0.25) is 0 Å². The van der Waals surface area contributed by atoms with E-state index in [1.165, 1.54) is 23.7 Å². The number of rotatable bonds is 1. The van der Waals surface area contributed by atoms with Gasteiger partial charge in [-0.1, -0.05) is 45.2 Å². The molecule has 0 radical (unpaired) electrons. The lowest BCUT2D eigenvalue weighted by molar-refractivity contribution is -0.136. The van der Waals surface area contributed by atoms with Crippen molar-refractivity contribution in [1.82, 2.24) is 0 Å². The van der Waals surface area contributed by atoms with Crippen LogP contribution in [0.25, 0.3) is 0 Å². The second kappa shape index (κ2) is 3.46. The molecule has 0 aromatic carbocycles. The minimum absolute atomic E-state index is 0.349. The lowest BCUT2D eigenvalue weighted by Crippen LogP contribution is -2.60. The maximum atomic E-state index is 10.5. The maximum absolute atomic E-state index is 10.5. The topological polar surface area (TPSA) is 20.2 Å². The summed E-state index contributed by atoms with van der Waals surface area (Å²) in [5.74, 6) is 2.28. The molecule has 6 atom stereocenters. The molecule has 3 rings (SSSR count). The minimum Gasteiger partial charge on any atom is -0.390 e. The van der Waals surface area contributed by atoms with Gasteiger partial charge in [-0.25, -0.2) is 0 Å². The van der Waals surface area contributed by atoms with Gasteiger partial charge in [0.25, 0.3) is 0 Å². The van der Waals surface area contributed by atoms with E-state index in [1.54, 1.807) is 0 Å². The monoisotopic (exact) mass is 432 g/mol. The zero-order chi connectivity index (χ0) is 10.8. The van der Waals surface area contributed by atoms with Crippen molar-refractivity contribution in [1.29, 1.82) is 0 Å². The van der Waals surface area contributed by atoms with Crippen LogP contribution in [0, 0.1) is 23.2 Å². The molecule has 86 valence electrons. The molecule has 1 nitrogen and oxygen atoms in total. The lowest BCUT2D eigenvalue weighted by atomic mass is 9.48. The van der Waals surface area contributed by atoms with Crippen LogP contribution in [0.15, 0.2) is 0 Å². The molecule has 3 fully saturated rings. The van der Waals surface area contributed by atoms with Gasteiger partial charge < -0.3 is 5.11 Å². The van der Waals surface area contributed by atoms with Crippen LogP contribution in [0.2, 0.25) is 0 Å². The van der Waals surface area contributed by atoms with Crippen LogP contribution in [0.4, 0.5) is 0 Å². The van der Waals surface area contributed by atoms with Crippen molar-refractivity contribution in [2.75, 3.05) is 4.43 Å². The Bertz CT molecular complexity index is 291. The Kier molecular flexibility index (Phi) is 2.66. The first-order chi connectivity index (χ1) is 7.03. The Morgan fingerprint density at radius 1 is 1.27 bits per heavy atom. The second-order valence-corrected chi connectivity index (χ2v) is 8.34. The highest BCUT2D eigenvalue weighted by Crippen LogP contribution is 2.73. The number of fused-ring (bicyclic) bond motifs is 4. The molecule has 0 bridgehead atoms. The molecule has 0 spiro atoms. The van der Waals surface area contributed by atoms with E-state index in [4.69, 9.17) is 0 Å². The summed E-state index contributed by atoms with van der Waals surface area (Å²) in [5.41, 5.74) is 0.274. The van der Waals surface area contributed by atoms with Gasteiger partial charge in [0, 0.05) is 8.35 Å². The van der Waals surface area contributed by atoms with E-state index in [0.29, 0.717) is 11.3 Å². The van der Waals surface area contributed by atoms with Crippen LogP contribution in [-0.2, 0) is 0 Å². The Morgan fingerprint density at radius 3 is 2.67 bits per heavy atom. The average Bonchev–Trinajstić information content (AvgIpc) is 2.54. The molecule has 3 heteroatoms. The summed E-state index contributed by atoms with van der Waals surface area (Å²) >= 11 is 5.22. The number of alkyl halides is 2. The third kappa shape index (κ3) is 1.29. The molecule has 0 heterocycles. The Balaban J connectivity index is 1.95. The Labute approximate surface area is 119 Å². The van der Waals surface area contributed by atoms with Crippen molar-refractivity contribution in [3.63, 3.8) is 0 Å². The van der Waals surface area contributed by atoms with Gasteiger partial charge in [0.05, 0.1) is 5.60 Å². The van der Waals surface area contributed by atoms with E-state index in [9.17, 15) is 5.11 Å². The van der Waals surface area contributed by atoms with Crippen molar-refractivity contribution in [3.05, 3.63) is 0 Å². The van der Waals surface area contributed by atoms with Gasteiger partial charge in [0.15, 0.2) is 0 Å². The highest BCUT2D eigenvalue weighted by atomic mass is 127. The molecule has 0 aliphatic heterocycles. The Morgan fingerprint density at radius 2 is 2.00 bits per heavy atom. The van der Waals surface area contributed by atoms with Crippen molar-refractivity contribution < 1.29 is 5.11 Å². The fraction of sp³-hybridized carbons (Fsp3) is 1.00. The molecule has 0 aromatic rings. The van der Waals surface area contributed by atoms with E-state index in [0.717, 1.165) is 22.2 Å². The van der Waals surface area contributed by atoms with Gasteiger partial charge in [-0.15, -0.1) is 0 Å². The summed E-state index contributed by atoms with van der Waals surface area (Å²) in [7, 11) is 0. The van der Waals surface area contributed by atoms with E-state index in [-0.39, 0.29) is 5.60 Å². The predicted octanol–water partition coefficient (Wildman–Crippen LogP) is 3.41. The van der Waals surface area contributed by atoms with Crippen molar-refractivity contribution >= 4 is 45.2 Å². The summed E-state index contributed by atoms with van der Waals surface area (Å²) < 4.78 is 2.13. The molecule has 0 unspecified atom stereocenters. The largest absolute Gasteiger partial charge is 0.390 e. The quantitative estimate of drug-likeness (QED) is 0.498. The van der Waals surface area contributed by atoms with E-state index in [2.05, 4.69) is 52.1 Å². The first-order valence-electron chi connectivity index (χ1n) is 5.95. The number of aliphatic hydroxyl groups is 1. The van der Waals surface area contributed by atoms with E-state index >= 15 is 0 Å². The Hall–Kier alpha value is 1.42. The van der Waals surface area contributed by atoms with Crippen molar-refractivity contribution in [2.24, 2.45) is 23.2 Å². The van der Waals surface area contributed by atoms with Crippen LogP contribution in [-0.4, -0.2) is 19.1 Å². The van der Waals surface area contributed by atoms with Crippen molar-refractivity contribution in [3.8, 4) is 0 Å². The lowest BCUT2D eigenvalue weighted by Gasteiger charge is -2.59. The predicted molar refractivity (Wildman–Crippen MR) is 78.7 cm³/mol. The third-order valence-electron chi connectivity index (χ3n) is 5.43. The van der Waals surface area contributed by atoms with Gasteiger partial charge >= 0.3 is 0 Å². The van der Waals surface area contributed by atoms with Gasteiger partial charge in [-0.05, 0) is 55.8 Å². The van der Waals surface area contributed by atoms with Crippen LogP contribution in [0.3, 0.4) is 0 Å². The minimum atomic E-state index is -0.349. The third-order valence-corrected chi connectivity index (χ3v) is 8.24. The molecule has 0 amide bonds. The molecule has 0 saturated heterocycles.